The summed E-state index contributed by atoms with van der Waals surface area (Å²) in [5.41, 5.74) is 0.272. The molecular weight excluding hydrogens is 377 g/mol. The summed E-state index contributed by atoms with van der Waals surface area (Å²) in [7, 11) is 0. The highest BCUT2D eigenvalue weighted by atomic mass is 32.1. The van der Waals surface area contributed by atoms with Crippen molar-refractivity contribution in [1.82, 2.24) is 14.9 Å². The molecule has 0 N–H and O–H groups in total. The third kappa shape index (κ3) is 4.14. The standard InChI is InChI=1S/C18H17F3N4OS/c19-18(20,21)13-3-4-16(22-10-13)25-7-5-24(6-8-25)11-14-12-27-17(23-14)15-2-1-9-26-15/h1-4,9-10,12H,5-8,11H2. The fourth-order valence-corrected chi connectivity index (χ4v) is 3.78. The van der Waals surface area contributed by atoms with Gasteiger partial charge in [0.25, 0.3) is 0 Å². The molecule has 1 aliphatic rings. The van der Waals surface area contributed by atoms with E-state index in [1.165, 1.54) is 6.07 Å². The van der Waals surface area contributed by atoms with E-state index in [1.54, 1.807) is 17.6 Å². The van der Waals surface area contributed by atoms with Crippen LogP contribution in [0.4, 0.5) is 19.0 Å². The quantitative estimate of drug-likeness (QED) is 0.666. The lowest BCUT2D eigenvalue weighted by Crippen LogP contribution is -2.46. The molecule has 0 unspecified atom stereocenters. The minimum absolute atomic E-state index is 0.580. The van der Waals surface area contributed by atoms with Gasteiger partial charge in [-0.2, -0.15) is 13.2 Å². The van der Waals surface area contributed by atoms with Crippen LogP contribution in [-0.2, 0) is 12.7 Å². The number of piperazine rings is 1. The molecule has 0 spiro atoms. The largest absolute Gasteiger partial charge is 0.462 e. The van der Waals surface area contributed by atoms with Crippen molar-refractivity contribution < 1.29 is 17.6 Å². The molecule has 9 heteroatoms. The van der Waals surface area contributed by atoms with E-state index in [4.69, 9.17) is 4.42 Å². The van der Waals surface area contributed by atoms with Crippen molar-refractivity contribution >= 4 is 17.2 Å². The van der Waals surface area contributed by atoms with Crippen molar-refractivity contribution in [2.45, 2.75) is 12.7 Å². The van der Waals surface area contributed by atoms with Crippen LogP contribution in [-0.4, -0.2) is 41.0 Å². The lowest BCUT2D eigenvalue weighted by Gasteiger charge is -2.35. The third-order valence-electron chi connectivity index (χ3n) is 4.44. The number of hydrogen-bond acceptors (Lipinski definition) is 6. The van der Waals surface area contributed by atoms with Gasteiger partial charge in [0.15, 0.2) is 10.8 Å². The van der Waals surface area contributed by atoms with Crippen LogP contribution in [0.3, 0.4) is 0 Å². The van der Waals surface area contributed by atoms with Gasteiger partial charge in [-0.25, -0.2) is 9.97 Å². The summed E-state index contributed by atoms with van der Waals surface area (Å²) in [6.45, 7) is 3.78. The van der Waals surface area contributed by atoms with Gasteiger partial charge >= 0.3 is 6.18 Å². The Morgan fingerprint density at radius 1 is 1.11 bits per heavy atom. The van der Waals surface area contributed by atoms with Gasteiger partial charge in [0.1, 0.15) is 5.82 Å². The van der Waals surface area contributed by atoms with Gasteiger partial charge in [0, 0.05) is 44.3 Å². The van der Waals surface area contributed by atoms with Crippen molar-refractivity contribution in [3.8, 4) is 10.8 Å². The van der Waals surface area contributed by atoms with Crippen LogP contribution in [0.2, 0.25) is 0 Å². The Morgan fingerprint density at radius 3 is 2.56 bits per heavy atom. The molecule has 0 bridgehead atoms. The van der Waals surface area contributed by atoms with E-state index in [2.05, 4.69) is 14.9 Å². The van der Waals surface area contributed by atoms with Crippen molar-refractivity contribution in [3.63, 3.8) is 0 Å². The molecule has 1 saturated heterocycles. The van der Waals surface area contributed by atoms with E-state index in [0.717, 1.165) is 48.4 Å². The lowest BCUT2D eigenvalue weighted by atomic mass is 10.2. The number of pyridine rings is 1. The summed E-state index contributed by atoms with van der Waals surface area (Å²) in [5.74, 6) is 1.35. The zero-order valence-electron chi connectivity index (χ0n) is 14.3. The summed E-state index contributed by atoms with van der Waals surface area (Å²) in [6.07, 6.45) is -1.83. The molecular formula is C18H17F3N4OS. The molecule has 1 fully saturated rings. The Hall–Kier alpha value is -2.39. The molecule has 5 nitrogen and oxygen atoms in total. The summed E-state index contributed by atoms with van der Waals surface area (Å²) < 4.78 is 43.3. The number of alkyl halides is 3. The van der Waals surface area contributed by atoms with Crippen molar-refractivity contribution in [3.05, 3.63) is 53.4 Å². The Labute approximate surface area is 158 Å². The maximum Gasteiger partial charge on any atom is 0.417 e. The molecule has 3 aromatic rings. The van der Waals surface area contributed by atoms with Crippen LogP contribution in [0.15, 0.2) is 46.5 Å². The van der Waals surface area contributed by atoms with Gasteiger partial charge in [-0.05, 0) is 24.3 Å². The topological polar surface area (TPSA) is 45.4 Å². The number of hydrogen-bond donors (Lipinski definition) is 0. The molecule has 4 rings (SSSR count). The van der Waals surface area contributed by atoms with E-state index in [0.29, 0.717) is 18.9 Å². The number of anilines is 1. The smallest absolute Gasteiger partial charge is 0.417 e. The second kappa shape index (κ2) is 7.32. The second-order valence-electron chi connectivity index (χ2n) is 6.29. The van der Waals surface area contributed by atoms with Crippen molar-refractivity contribution in [1.29, 1.82) is 0 Å². The maximum absolute atomic E-state index is 12.6. The molecule has 0 aromatic carbocycles. The van der Waals surface area contributed by atoms with Crippen LogP contribution in [0, 0.1) is 0 Å². The van der Waals surface area contributed by atoms with Crippen molar-refractivity contribution in [2.75, 3.05) is 31.1 Å². The first-order valence-electron chi connectivity index (χ1n) is 8.48. The predicted molar refractivity (Wildman–Crippen MR) is 96.5 cm³/mol. The molecule has 0 amide bonds. The van der Waals surface area contributed by atoms with E-state index >= 15 is 0 Å². The molecule has 27 heavy (non-hydrogen) atoms. The Kier molecular flexibility index (Phi) is 4.88. The van der Waals surface area contributed by atoms with Gasteiger partial charge in [-0.15, -0.1) is 11.3 Å². The number of thiazole rings is 1. The van der Waals surface area contributed by atoms with Gasteiger partial charge in [0.05, 0.1) is 17.5 Å². The Morgan fingerprint density at radius 2 is 1.93 bits per heavy atom. The number of nitrogens with zero attached hydrogens (tertiary/aromatic N) is 4. The summed E-state index contributed by atoms with van der Waals surface area (Å²) in [4.78, 5) is 12.9. The lowest BCUT2D eigenvalue weighted by molar-refractivity contribution is -0.137. The monoisotopic (exact) mass is 394 g/mol. The fraction of sp³-hybridized carbons (Fsp3) is 0.333. The zero-order chi connectivity index (χ0) is 18.9. The normalized spacial score (nSPS) is 16.0. The van der Waals surface area contributed by atoms with Crippen LogP contribution >= 0.6 is 11.3 Å². The van der Waals surface area contributed by atoms with Crippen molar-refractivity contribution in [2.24, 2.45) is 0 Å². The van der Waals surface area contributed by atoms with Crippen LogP contribution in [0.5, 0.6) is 0 Å². The Balaban J connectivity index is 1.33. The van der Waals surface area contributed by atoms with E-state index < -0.39 is 11.7 Å². The predicted octanol–water partition coefficient (Wildman–Crippen LogP) is 4.14. The fourth-order valence-electron chi connectivity index (χ4n) is 3.00. The molecule has 4 heterocycles. The highest BCUT2D eigenvalue weighted by molar-refractivity contribution is 7.13. The van der Waals surface area contributed by atoms with E-state index in [-0.39, 0.29) is 0 Å². The van der Waals surface area contributed by atoms with Crippen LogP contribution < -0.4 is 4.90 Å². The Bertz CT molecular complexity index is 869. The summed E-state index contributed by atoms with van der Waals surface area (Å²) in [5, 5.41) is 2.89. The molecule has 0 aliphatic carbocycles. The number of aromatic nitrogens is 2. The average molecular weight is 394 g/mol. The molecule has 0 radical (unpaired) electrons. The molecule has 0 saturated carbocycles. The minimum atomic E-state index is -4.35. The third-order valence-corrected chi connectivity index (χ3v) is 5.35. The van der Waals surface area contributed by atoms with E-state index in [9.17, 15) is 13.2 Å². The summed E-state index contributed by atoms with van der Waals surface area (Å²) >= 11 is 1.55. The number of halogens is 3. The minimum Gasteiger partial charge on any atom is -0.462 e. The second-order valence-corrected chi connectivity index (χ2v) is 7.15. The van der Waals surface area contributed by atoms with Gasteiger partial charge in [-0.1, -0.05) is 0 Å². The SMILES string of the molecule is FC(F)(F)c1ccc(N2CCN(Cc3csc(-c4ccco4)n3)CC2)nc1. The first-order chi connectivity index (χ1) is 13.0. The number of furan rings is 1. The highest BCUT2D eigenvalue weighted by Crippen LogP contribution is 2.29. The highest BCUT2D eigenvalue weighted by Gasteiger charge is 2.31. The van der Waals surface area contributed by atoms with Crippen LogP contribution in [0.1, 0.15) is 11.3 Å². The van der Waals surface area contributed by atoms with Gasteiger partial charge < -0.3 is 9.32 Å². The van der Waals surface area contributed by atoms with Gasteiger partial charge in [-0.3, -0.25) is 4.90 Å². The molecule has 3 aromatic heterocycles. The average Bonchev–Trinajstić information content (AvgIpc) is 3.33. The van der Waals surface area contributed by atoms with E-state index in [1.807, 2.05) is 22.4 Å². The van der Waals surface area contributed by atoms with Crippen LogP contribution in [0.25, 0.3) is 10.8 Å². The summed E-state index contributed by atoms with van der Waals surface area (Å²) in [6, 6.07) is 6.25. The molecule has 142 valence electrons. The van der Waals surface area contributed by atoms with Gasteiger partial charge in [0.2, 0.25) is 0 Å². The maximum atomic E-state index is 12.6. The zero-order valence-corrected chi connectivity index (χ0v) is 15.1. The first kappa shape index (κ1) is 18.0. The molecule has 0 atom stereocenters. The first-order valence-corrected chi connectivity index (χ1v) is 9.36. The molecule has 1 aliphatic heterocycles. The number of rotatable bonds is 4.